The number of aromatic nitrogens is 2. The first-order chi connectivity index (χ1) is 26.2. The van der Waals surface area contributed by atoms with E-state index in [4.69, 9.17) is 28.3 Å². The molecule has 54 heavy (non-hydrogen) atoms. The van der Waals surface area contributed by atoms with Crippen LogP contribution in [0.15, 0.2) is 69.5 Å². The number of hydrogen-bond acceptors (Lipinski definition) is 11. The molecule has 2 aliphatic rings. The monoisotopic (exact) mass is 733 g/mol. The van der Waals surface area contributed by atoms with E-state index in [9.17, 15) is 23.9 Å². The lowest BCUT2D eigenvalue weighted by Crippen LogP contribution is -2.47. The van der Waals surface area contributed by atoms with Crippen molar-refractivity contribution in [1.82, 2.24) is 20.2 Å². The van der Waals surface area contributed by atoms with Crippen molar-refractivity contribution < 1.29 is 37.0 Å². The predicted molar refractivity (Wildman–Crippen MR) is 195 cm³/mol. The van der Waals surface area contributed by atoms with E-state index < -0.39 is 18.6 Å². The molecule has 1 atom stereocenters. The Morgan fingerprint density at radius 3 is 2.33 bits per heavy atom. The quantitative estimate of drug-likeness (QED) is 0.130. The van der Waals surface area contributed by atoms with Crippen LogP contribution in [0.2, 0.25) is 0 Å². The van der Waals surface area contributed by atoms with Gasteiger partial charge < -0.3 is 28.7 Å². The number of likely N-dealkylation sites (tertiary alicyclic amines) is 1. The number of carbonyl (C=O) groups excluding carboxylic acids is 1. The molecular formula is C41H37F2N5O6. The Kier molecular flexibility index (Phi) is 9.58. The van der Waals surface area contributed by atoms with Crippen molar-refractivity contribution in [2.75, 3.05) is 26.2 Å². The maximum absolute atomic E-state index is 13.4. The van der Waals surface area contributed by atoms with E-state index in [1.165, 1.54) is 6.07 Å². The molecule has 0 bridgehead atoms. The maximum Gasteiger partial charge on any atom is 0.387 e. The Balaban J connectivity index is 1.10. The number of esters is 1. The Bertz CT molecular complexity index is 2420. The summed E-state index contributed by atoms with van der Waals surface area (Å²) in [4.78, 5) is 24.3. The molecular weight excluding hydrogens is 696 g/mol. The van der Waals surface area contributed by atoms with Crippen LogP contribution in [0.3, 0.4) is 0 Å². The molecule has 4 aromatic carbocycles. The Morgan fingerprint density at radius 1 is 1.00 bits per heavy atom. The molecule has 13 heteroatoms. The molecule has 0 spiro atoms. The Labute approximate surface area is 309 Å². The van der Waals surface area contributed by atoms with Gasteiger partial charge in [0.25, 0.3) is 0 Å². The summed E-state index contributed by atoms with van der Waals surface area (Å²) in [6.45, 7) is 3.78. The number of fused-ring (bicyclic) bond motifs is 2. The number of ether oxygens (including phenoxy) is 2. The summed E-state index contributed by atoms with van der Waals surface area (Å²) >= 11 is 0. The normalized spacial score (nSPS) is 16.3. The van der Waals surface area contributed by atoms with Gasteiger partial charge in [-0.05, 0) is 91.4 Å². The van der Waals surface area contributed by atoms with Gasteiger partial charge in [0.1, 0.15) is 35.5 Å². The maximum atomic E-state index is 13.4. The minimum absolute atomic E-state index is 0.157. The number of benzene rings is 4. The zero-order valence-corrected chi connectivity index (χ0v) is 29.7. The average molecular weight is 734 g/mol. The number of oxazole rings is 2. The van der Waals surface area contributed by atoms with Gasteiger partial charge in [-0.1, -0.05) is 24.3 Å². The minimum atomic E-state index is -3.09. The lowest BCUT2D eigenvalue weighted by atomic mass is 9.91. The van der Waals surface area contributed by atoms with Crippen LogP contribution in [0, 0.1) is 31.1 Å². The molecule has 0 radical (unpaired) electrons. The highest BCUT2D eigenvalue weighted by Gasteiger charge is 2.27. The molecule has 11 nitrogen and oxygen atoms in total. The number of alkyl halides is 2. The Morgan fingerprint density at radius 2 is 1.69 bits per heavy atom. The molecule has 8 rings (SSSR count). The van der Waals surface area contributed by atoms with Gasteiger partial charge >= 0.3 is 12.6 Å². The number of aliphatic hydroxyl groups excluding tert-OH is 1. The molecule has 2 aliphatic heterocycles. The van der Waals surface area contributed by atoms with Crippen molar-refractivity contribution in [1.29, 1.82) is 5.26 Å². The van der Waals surface area contributed by atoms with E-state index in [2.05, 4.69) is 16.3 Å². The smallest absolute Gasteiger partial charge is 0.387 e. The molecule has 2 aromatic heterocycles. The van der Waals surface area contributed by atoms with E-state index in [0.717, 1.165) is 59.4 Å². The zero-order valence-electron chi connectivity index (χ0n) is 29.7. The van der Waals surface area contributed by atoms with E-state index >= 15 is 0 Å². The second kappa shape index (κ2) is 14.6. The van der Waals surface area contributed by atoms with Crippen LogP contribution in [0.4, 0.5) is 8.78 Å². The second-order valence-electron chi connectivity index (χ2n) is 13.9. The van der Waals surface area contributed by atoms with Crippen LogP contribution >= 0.6 is 0 Å². The fraction of sp³-hybridized carbons (Fsp3) is 0.317. The number of carbonyl (C=O) groups is 1. The van der Waals surface area contributed by atoms with E-state index in [1.54, 1.807) is 6.07 Å². The number of rotatable bonds is 11. The van der Waals surface area contributed by atoms with Crippen molar-refractivity contribution in [3.63, 3.8) is 0 Å². The molecule has 2 saturated heterocycles. The van der Waals surface area contributed by atoms with Gasteiger partial charge in [-0.15, -0.1) is 0 Å². The number of halogens is 2. The molecule has 276 valence electrons. The highest BCUT2D eigenvalue weighted by atomic mass is 19.3. The lowest BCUT2D eigenvalue weighted by molar-refractivity contribution is -0.147. The third-order valence-corrected chi connectivity index (χ3v) is 10.3. The van der Waals surface area contributed by atoms with Crippen LogP contribution in [0.5, 0.6) is 5.75 Å². The van der Waals surface area contributed by atoms with Gasteiger partial charge in [-0.3, -0.25) is 9.69 Å². The van der Waals surface area contributed by atoms with Crippen LogP contribution in [-0.4, -0.2) is 64.8 Å². The third kappa shape index (κ3) is 6.80. The molecule has 0 amide bonds. The highest BCUT2D eigenvalue weighted by Crippen LogP contribution is 2.39. The fourth-order valence-electron chi connectivity index (χ4n) is 7.45. The van der Waals surface area contributed by atoms with Crippen molar-refractivity contribution in [2.24, 2.45) is 5.92 Å². The highest BCUT2D eigenvalue weighted by molar-refractivity contribution is 5.86. The lowest BCUT2D eigenvalue weighted by Gasteiger charge is -2.38. The van der Waals surface area contributed by atoms with E-state index in [1.807, 2.05) is 62.4 Å². The number of hydrogen-bond donors (Lipinski definition) is 2. The largest absolute Gasteiger partial charge is 0.460 e. The minimum Gasteiger partial charge on any atom is -0.460 e. The van der Waals surface area contributed by atoms with Crippen molar-refractivity contribution in [3.05, 3.63) is 88.5 Å². The van der Waals surface area contributed by atoms with Crippen LogP contribution < -0.4 is 10.1 Å². The summed E-state index contributed by atoms with van der Waals surface area (Å²) in [5.41, 5.74) is 8.40. The summed E-state index contributed by atoms with van der Waals surface area (Å²) in [6.07, 6.45) is 1.51. The first-order valence-electron chi connectivity index (χ1n) is 17.8. The Hall–Kier alpha value is -5.68. The van der Waals surface area contributed by atoms with E-state index in [-0.39, 0.29) is 41.9 Å². The van der Waals surface area contributed by atoms with Gasteiger partial charge in [0.05, 0.1) is 5.56 Å². The summed E-state index contributed by atoms with van der Waals surface area (Å²) in [7, 11) is 0. The summed E-state index contributed by atoms with van der Waals surface area (Å²) < 4.78 is 49.4. The first kappa shape index (κ1) is 35.4. The van der Waals surface area contributed by atoms with Crippen LogP contribution in [0.25, 0.3) is 56.2 Å². The molecule has 2 N–H and O–H groups in total. The van der Waals surface area contributed by atoms with Crippen LogP contribution in [-0.2, 0) is 22.7 Å². The zero-order chi connectivity index (χ0) is 37.5. The van der Waals surface area contributed by atoms with E-state index in [0.29, 0.717) is 46.6 Å². The fourth-order valence-corrected chi connectivity index (χ4v) is 7.45. The van der Waals surface area contributed by atoms with Gasteiger partial charge in [0.15, 0.2) is 11.2 Å². The van der Waals surface area contributed by atoms with Gasteiger partial charge in [0, 0.05) is 54.9 Å². The number of nitrogens with zero attached hydrogens (tertiary/aromatic N) is 4. The number of aliphatic hydroxyl groups is 1. The molecule has 6 aromatic rings. The predicted octanol–water partition coefficient (Wildman–Crippen LogP) is 7.28. The summed E-state index contributed by atoms with van der Waals surface area (Å²) in [5, 5.41) is 22.4. The van der Waals surface area contributed by atoms with Crippen molar-refractivity contribution in [3.8, 4) is 45.9 Å². The number of nitriles is 1. The first-order valence-corrected chi connectivity index (χ1v) is 17.8. The molecule has 0 aliphatic carbocycles. The topological polar surface area (TPSA) is 147 Å². The van der Waals surface area contributed by atoms with Crippen molar-refractivity contribution in [2.45, 2.75) is 52.5 Å². The molecule has 2 fully saturated rings. The number of nitrogens with one attached hydrogen (secondary N) is 1. The second-order valence-corrected chi connectivity index (χ2v) is 13.9. The van der Waals surface area contributed by atoms with Crippen molar-refractivity contribution >= 4 is 28.2 Å². The molecule has 4 heterocycles. The SMILES string of the molecule is Cc1c(-c2nc3cc(COC(=O)[C@@H]4CCCN4)c(OC(F)F)cc3o2)cccc1-c1cccc(-c2nc3cc(CN4CC(CO)C4)cc(C#N)c3o2)c1C. The summed E-state index contributed by atoms with van der Waals surface area (Å²) in [5.74, 6) is 0.371. The molecule has 0 unspecified atom stereocenters. The van der Waals surface area contributed by atoms with Gasteiger partial charge in [-0.2, -0.15) is 14.0 Å². The molecule has 0 saturated carbocycles. The summed E-state index contributed by atoms with van der Waals surface area (Å²) in [6, 6.07) is 20.2. The van der Waals surface area contributed by atoms with Gasteiger partial charge in [0.2, 0.25) is 11.8 Å². The third-order valence-electron chi connectivity index (χ3n) is 10.3. The van der Waals surface area contributed by atoms with Crippen LogP contribution in [0.1, 0.15) is 40.7 Å². The van der Waals surface area contributed by atoms with Gasteiger partial charge in [-0.25, -0.2) is 9.97 Å². The average Bonchev–Trinajstić information content (AvgIpc) is 3.92. The standard InChI is InChI=1S/C41H37F2N5O6/c1-22-28(29-7-4-9-31(23(29)2)39-47-34-13-24(12-26(16-44)37(34)54-39)17-48-18-25(19-48)20-49)6-3-8-30(22)38-46-33-14-27(21-51-40(50)32-10-5-11-45-32)35(53-41(42)43)15-36(33)52-38/h3-4,6-9,12-15,25,32,41,45,49H,5,10-11,17-21H2,1-2H3/t32-/m0/s1.